The maximum Gasteiger partial charge on any atom is 0.315 e. The lowest BCUT2D eigenvalue weighted by Crippen LogP contribution is -2.74. The minimum absolute atomic E-state index is 0.0456. The number of rotatable bonds is 5. The second-order valence-corrected chi connectivity index (χ2v) is 7.95. The molecule has 3 fully saturated rings. The summed E-state index contributed by atoms with van der Waals surface area (Å²) in [5.41, 5.74) is -0.607. The van der Waals surface area contributed by atoms with Crippen LogP contribution >= 0.6 is 0 Å². The monoisotopic (exact) mass is 355 g/mol. The molecule has 3 rings (SSSR count). The van der Waals surface area contributed by atoms with Gasteiger partial charge in [-0.15, -0.1) is 0 Å². The number of nitrogens with zero attached hydrogens (tertiary/aromatic N) is 1. The summed E-state index contributed by atoms with van der Waals surface area (Å²) in [6.07, 6.45) is 5.41. The number of esters is 1. The van der Waals surface area contributed by atoms with Gasteiger partial charge in [0.25, 0.3) is 0 Å². The van der Waals surface area contributed by atoms with Crippen molar-refractivity contribution in [3.63, 3.8) is 0 Å². The van der Waals surface area contributed by atoms with E-state index in [9.17, 15) is 4.79 Å². The molecule has 4 atom stereocenters. The molecule has 6 heteroatoms. The van der Waals surface area contributed by atoms with Crippen LogP contribution in [0.15, 0.2) is 0 Å². The standard InChI is InChI=1S/C19H33NO5/c1-6-20-13-18(16(21)23-3)9-7-8-17(15(18)22-2)10-11-19(24-4,25-5)12-14(17)20/h14-15H,6-13H2,1-5H3/t14?,15-,17-,18+/m0/s1. The zero-order valence-electron chi connectivity index (χ0n) is 16.3. The lowest BCUT2D eigenvalue weighted by molar-refractivity contribution is -0.289. The minimum atomic E-state index is -0.561. The summed E-state index contributed by atoms with van der Waals surface area (Å²) in [5.74, 6) is -0.657. The summed E-state index contributed by atoms with van der Waals surface area (Å²) in [6.45, 7) is 3.74. The molecule has 0 radical (unpaired) electrons. The summed E-state index contributed by atoms with van der Waals surface area (Å²) in [7, 11) is 6.71. The number of methoxy groups -OCH3 is 4. The van der Waals surface area contributed by atoms with E-state index in [0.29, 0.717) is 6.54 Å². The Kier molecular flexibility index (Phi) is 5.19. The lowest BCUT2D eigenvalue weighted by atomic mass is 9.49. The van der Waals surface area contributed by atoms with Crippen molar-refractivity contribution in [2.45, 2.75) is 63.4 Å². The van der Waals surface area contributed by atoms with E-state index in [2.05, 4.69) is 11.8 Å². The molecular weight excluding hydrogens is 322 g/mol. The van der Waals surface area contributed by atoms with Crippen LogP contribution in [0.2, 0.25) is 0 Å². The van der Waals surface area contributed by atoms with Crippen molar-refractivity contribution in [1.29, 1.82) is 0 Å². The molecule has 0 aromatic heterocycles. The van der Waals surface area contributed by atoms with Gasteiger partial charge in [-0.1, -0.05) is 13.3 Å². The van der Waals surface area contributed by atoms with Crippen LogP contribution in [0, 0.1) is 10.8 Å². The van der Waals surface area contributed by atoms with Crippen molar-refractivity contribution in [2.75, 3.05) is 41.5 Å². The molecule has 1 spiro atoms. The smallest absolute Gasteiger partial charge is 0.315 e. The maximum absolute atomic E-state index is 12.9. The Bertz CT molecular complexity index is 508. The SMILES string of the molecule is CCN1C[C@]2(C(=O)OC)CCC[C@@]3(CCC(OC)(OC)CC13)[C@@H]2OC. The molecule has 1 unspecified atom stereocenters. The Morgan fingerprint density at radius 2 is 1.80 bits per heavy atom. The Balaban J connectivity index is 2.06. The third kappa shape index (κ3) is 2.56. The highest BCUT2D eigenvalue weighted by molar-refractivity contribution is 5.78. The van der Waals surface area contributed by atoms with Crippen LogP contribution < -0.4 is 0 Å². The maximum atomic E-state index is 12.9. The second kappa shape index (κ2) is 6.80. The van der Waals surface area contributed by atoms with Gasteiger partial charge in [-0.3, -0.25) is 9.69 Å². The fraction of sp³-hybridized carbons (Fsp3) is 0.947. The first-order valence-electron chi connectivity index (χ1n) is 9.43. The number of fused-ring (bicyclic) bond motifs is 1. The Labute approximate surface area is 151 Å². The van der Waals surface area contributed by atoms with Crippen LogP contribution in [0.3, 0.4) is 0 Å². The van der Waals surface area contributed by atoms with Crippen LogP contribution in [-0.2, 0) is 23.7 Å². The zero-order chi connectivity index (χ0) is 18.3. The molecule has 0 N–H and O–H groups in total. The van der Waals surface area contributed by atoms with E-state index < -0.39 is 11.2 Å². The predicted octanol–water partition coefficient (Wildman–Crippen LogP) is 2.21. The third-order valence-corrected chi connectivity index (χ3v) is 7.33. The fourth-order valence-corrected chi connectivity index (χ4v) is 6.18. The molecule has 6 nitrogen and oxygen atoms in total. The normalized spacial score (nSPS) is 40.4. The van der Waals surface area contributed by atoms with Crippen LogP contribution in [0.25, 0.3) is 0 Å². The van der Waals surface area contributed by atoms with Crippen molar-refractivity contribution >= 4 is 5.97 Å². The molecule has 1 aliphatic heterocycles. The molecule has 2 aliphatic carbocycles. The van der Waals surface area contributed by atoms with E-state index >= 15 is 0 Å². The first-order valence-corrected chi connectivity index (χ1v) is 9.43. The molecular formula is C19H33NO5. The quantitative estimate of drug-likeness (QED) is 0.557. The number of ether oxygens (including phenoxy) is 4. The van der Waals surface area contributed by atoms with E-state index in [-0.39, 0.29) is 23.5 Å². The molecule has 1 heterocycles. The third-order valence-electron chi connectivity index (χ3n) is 7.33. The zero-order valence-corrected chi connectivity index (χ0v) is 16.3. The molecule has 2 saturated carbocycles. The van der Waals surface area contributed by atoms with Gasteiger partial charge >= 0.3 is 5.97 Å². The van der Waals surface area contributed by atoms with Gasteiger partial charge in [0.1, 0.15) is 5.41 Å². The molecule has 0 aromatic rings. The molecule has 1 saturated heterocycles. The summed E-state index contributed by atoms with van der Waals surface area (Å²) in [4.78, 5) is 15.3. The Hall–Kier alpha value is -0.690. The van der Waals surface area contributed by atoms with Gasteiger partial charge in [0, 0.05) is 52.2 Å². The average molecular weight is 355 g/mol. The van der Waals surface area contributed by atoms with Crippen LogP contribution in [0.1, 0.15) is 45.4 Å². The minimum Gasteiger partial charge on any atom is -0.468 e. The Morgan fingerprint density at radius 1 is 1.08 bits per heavy atom. The summed E-state index contributed by atoms with van der Waals surface area (Å²) in [6, 6.07) is 0.286. The van der Waals surface area contributed by atoms with E-state index in [1.807, 2.05) is 0 Å². The van der Waals surface area contributed by atoms with Crippen LogP contribution in [0.4, 0.5) is 0 Å². The number of piperidine rings is 1. The van der Waals surface area contributed by atoms with Gasteiger partial charge < -0.3 is 18.9 Å². The Morgan fingerprint density at radius 3 is 2.36 bits per heavy atom. The number of likely N-dealkylation sites (tertiary alicyclic amines) is 1. The number of carbonyl (C=O) groups excluding carboxylic acids is 1. The van der Waals surface area contributed by atoms with Gasteiger partial charge in [0.15, 0.2) is 5.79 Å². The van der Waals surface area contributed by atoms with E-state index in [0.717, 1.165) is 45.1 Å². The number of hydrogen-bond donors (Lipinski definition) is 0. The van der Waals surface area contributed by atoms with Crippen molar-refractivity contribution in [3.05, 3.63) is 0 Å². The molecule has 0 amide bonds. The summed E-state index contributed by atoms with van der Waals surface area (Å²) >= 11 is 0. The van der Waals surface area contributed by atoms with Gasteiger partial charge in [0.05, 0.1) is 13.2 Å². The van der Waals surface area contributed by atoms with Gasteiger partial charge in [-0.2, -0.15) is 0 Å². The number of hydrogen-bond acceptors (Lipinski definition) is 6. The molecule has 2 bridgehead atoms. The molecule has 0 aromatic carbocycles. The van der Waals surface area contributed by atoms with Crippen molar-refractivity contribution in [1.82, 2.24) is 4.90 Å². The fourth-order valence-electron chi connectivity index (χ4n) is 6.18. The molecule has 25 heavy (non-hydrogen) atoms. The van der Waals surface area contributed by atoms with E-state index in [1.54, 1.807) is 21.3 Å². The highest BCUT2D eigenvalue weighted by Crippen LogP contribution is 2.61. The first-order chi connectivity index (χ1) is 12.0. The molecule has 144 valence electrons. The van der Waals surface area contributed by atoms with Crippen molar-refractivity contribution in [2.24, 2.45) is 10.8 Å². The topological polar surface area (TPSA) is 57.2 Å². The lowest BCUT2D eigenvalue weighted by Gasteiger charge is -2.66. The summed E-state index contributed by atoms with van der Waals surface area (Å²) < 4.78 is 22.9. The highest BCUT2D eigenvalue weighted by atomic mass is 16.7. The van der Waals surface area contributed by atoms with Crippen molar-refractivity contribution in [3.8, 4) is 0 Å². The largest absolute Gasteiger partial charge is 0.468 e. The predicted molar refractivity (Wildman–Crippen MR) is 93.2 cm³/mol. The van der Waals surface area contributed by atoms with Gasteiger partial charge in [-0.05, 0) is 25.8 Å². The van der Waals surface area contributed by atoms with Crippen LogP contribution in [-0.4, -0.2) is 70.3 Å². The highest BCUT2D eigenvalue weighted by Gasteiger charge is 2.68. The van der Waals surface area contributed by atoms with E-state index in [4.69, 9.17) is 18.9 Å². The van der Waals surface area contributed by atoms with E-state index in [1.165, 1.54) is 7.11 Å². The first kappa shape index (κ1) is 19.1. The van der Waals surface area contributed by atoms with Gasteiger partial charge in [0.2, 0.25) is 0 Å². The number of carbonyl (C=O) groups is 1. The second-order valence-electron chi connectivity index (χ2n) is 7.95. The van der Waals surface area contributed by atoms with Crippen LogP contribution in [0.5, 0.6) is 0 Å². The average Bonchev–Trinajstić information content (AvgIpc) is 2.65. The summed E-state index contributed by atoms with van der Waals surface area (Å²) in [5, 5.41) is 0. The van der Waals surface area contributed by atoms with Gasteiger partial charge in [-0.25, -0.2) is 0 Å². The molecule has 3 aliphatic rings. The van der Waals surface area contributed by atoms with Crippen molar-refractivity contribution < 1.29 is 23.7 Å².